The van der Waals surface area contributed by atoms with E-state index in [1.807, 2.05) is 0 Å². The van der Waals surface area contributed by atoms with Gasteiger partial charge in [0.1, 0.15) is 5.75 Å². The summed E-state index contributed by atoms with van der Waals surface area (Å²) in [5.74, 6) is -0.848. The molecule has 5 nitrogen and oxygen atoms in total. The molecule has 22 heavy (non-hydrogen) atoms. The molecule has 2 saturated heterocycles. The molecule has 0 saturated carbocycles. The summed E-state index contributed by atoms with van der Waals surface area (Å²) in [5, 5.41) is 2.93. The van der Waals surface area contributed by atoms with Crippen molar-refractivity contribution >= 4 is 15.7 Å². The fourth-order valence-corrected chi connectivity index (χ4v) is 5.02. The lowest BCUT2D eigenvalue weighted by Crippen LogP contribution is -3.15. The maximum absolute atomic E-state index is 12.2. The Balaban J connectivity index is 1.59. The molecule has 2 unspecified atom stereocenters. The predicted molar refractivity (Wildman–Crippen MR) is 83.4 cm³/mol. The summed E-state index contributed by atoms with van der Waals surface area (Å²) in [5.41, 5.74) is 0. The summed E-state index contributed by atoms with van der Waals surface area (Å²) >= 11 is 0. The van der Waals surface area contributed by atoms with E-state index in [0.717, 1.165) is 12.8 Å². The maximum atomic E-state index is 12.2. The number of carbonyl (C=O) groups is 1. The second-order valence-corrected chi connectivity index (χ2v) is 8.51. The molecule has 0 spiro atoms. The van der Waals surface area contributed by atoms with Crippen LogP contribution in [0, 0.1) is 0 Å². The average molecular weight is 323 g/mol. The van der Waals surface area contributed by atoms with Crippen LogP contribution < -0.4 is 10.2 Å². The zero-order valence-corrected chi connectivity index (χ0v) is 13.6. The third kappa shape index (κ3) is 3.17. The first-order chi connectivity index (χ1) is 10.5. The molecule has 0 radical (unpaired) electrons. The Hall–Kier alpha value is -1.40. The highest BCUT2D eigenvalue weighted by Gasteiger charge is 2.42. The Morgan fingerprint density at radius 3 is 2.36 bits per heavy atom. The Bertz CT molecular complexity index is 631. The van der Waals surface area contributed by atoms with Crippen LogP contribution in [0.1, 0.15) is 25.7 Å². The van der Waals surface area contributed by atoms with E-state index in [-0.39, 0.29) is 16.8 Å². The third-order valence-corrected chi connectivity index (χ3v) is 6.71. The highest BCUT2D eigenvalue weighted by Crippen LogP contribution is 2.22. The molecule has 2 aliphatic rings. The smallest absolute Gasteiger partial charge is 0.235 e. The molecule has 120 valence electrons. The topological polar surface area (TPSA) is 67.7 Å². The second-order valence-electron chi connectivity index (χ2n) is 6.52. The first-order valence-electron chi connectivity index (χ1n) is 7.86. The van der Waals surface area contributed by atoms with Gasteiger partial charge in [-0.25, -0.2) is 8.42 Å². The van der Waals surface area contributed by atoms with Crippen LogP contribution in [0.3, 0.4) is 0 Å². The number of benzene rings is 1. The van der Waals surface area contributed by atoms with Crippen molar-refractivity contribution in [3.63, 3.8) is 0 Å². The van der Waals surface area contributed by atoms with Crippen molar-refractivity contribution in [3.05, 3.63) is 30.3 Å². The van der Waals surface area contributed by atoms with Crippen LogP contribution in [-0.4, -0.2) is 45.3 Å². The standard InChI is InChI=1S/C16H22N2O3S/c1-18-13-7-8-14(18)10-12(9-13)17-16(19)11-22(20,21)15-5-3-2-4-6-15/h2-6,12-14H,7-11H2,1H3,(H,17,19)/p+1/t12?,13-,14+. The van der Waals surface area contributed by atoms with E-state index in [4.69, 9.17) is 0 Å². The van der Waals surface area contributed by atoms with Crippen LogP contribution in [0.5, 0.6) is 0 Å². The Kier molecular flexibility index (Phi) is 4.23. The Morgan fingerprint density at radius 1 is 1.18 bits per heavy atom. The van der Waals surface area contributed by atoms with Gasteiger partial charge in [0, 0.05) is 31.7 Å². The van der Waals surface area contributed by atoms with Crippen molar-refractivity contribution in [1.82, 2.24) is 5.32 Å². The van der Waals surface area contributed by atoms with Gasteiger partial charge in [0.15, 0.2) is 9.84 Å². The lowest BCUT2D eigenvalue weighted by molar-refractivity contribution is -0.922. The van der Waals surface area contributed by atoms with Crippen molar-refractivity contribution in [2.75, 3.05) is 12.8 Å². The zero-order valence-electron chi connectivity index (χ0n) is 12.8. The summed E-state index contributed by atoms with van der Waals surface area (Å²) in [7, 11) is -1.33. The van der Waals surface area contributed by atoms with Crippen LogP contribution in [0.4, 0.5) is 0 Å². The van der Waals surface area contributed by atoms with E-state index in [2.05, 4.69) is 12.4 Å². The van der Waals surface area contributed by atoms with Crippen LogP contribution in [0.15, 0.2) is 35.2 Å². The molecule has 2 aliphatic heterocycles. The molecule has 1 amide bonds. The fourth-order valence-electron chi connectivity index (χ4n) is 3.85. The van der Waals surface area contributed by atoms with Crippen LogP contribution >= 0.6 is 0 Å². The fraction of sp³-hybridized carbons (Fsp3) is 0.562. The van der Waals surface area contributed by atoms with Crippen LogP contribution in [-0.2, 0) is 14.6 Å². The normalized spacial score (nSPS) is 31.0. The summed E-state index contributed by atoms with van der Waals surface area (Å²) in [4.78, 5) is 13.9. The van der Waals surface area contributed by atoms with E-state index in [0.29, 0.717) is 12.1 Å². The molecule has 2 heterocycles. The van der Waals surface area contributed by atoms with Crippen molar-refractivity contribution in [1.29, 1.82) is 0 Å². The molecule has 2 N–H and O–H groups in total. The number of fused-ring (bicyclic) bond motifs is 2. The molecule has 2 bridgehead atoms. The van der Waals surface area contributed by atoms with Gasteiger partial charge < -0.3 is 10.2 Å². The Labute approximate surface area is 131 Å². The molecule has 1 aromatic rings. The SMILES string of the molecule is C[NH+]1[C@@H]2CC[C@H]1CC(NC(=O)CS(=O)(=O)c1ccccc1)C2. The molecule has 3 rings (SSSR count). The van der Waals surface area contributed by atoms with Crippen molar-refractivity contribution < 1.29 is 18.1 Å². The van der Waals surface area contributed by atoms with Crippen molar-refractivity contribution in [3.8, 4) is 0 Å². The minimum atomic E-state index is -3.55. The summed E-state index contributed by atoms with van der Waals surface area (Å²) in [6.45, 7) is 0. The van der Waals surface area contributed by atoms with E-state index >= 15 is 0 Å². The summed E-state index contributed by atoms with van der Waals surface area (Å²) in [6, 6.07) is 9.49. The lowest BCUT2D eigenvalue weighted by atomic mass is 9.98. The number of nitrogens with one attached hydrogen (secondary N) is 2. The lowest BCUT2D eigenvalue weighted by Gasteiger charge is -2.33. The molecular weight excluding hydrogens is 300 g/mol. The first kappa shape index (κ1) is 15.5. The monoisotopic (exact) mass is 323 g/mol. The maximum Gasteiger partial charge on any atom is 0.235 e. The minimum Gasteiger partial charge on any atom is -0.352 e. The second kappa shape index (κ2) is 6.01. The van der Waals surface area contributed by atoms with Gasteiger partial charge >= 0.3 is 0 Å². The number of hydrogen-bond acceptors (Lipinski definition) is 3. The number of quaternary nitrogens is 1. The third-order valence-electron chi connectivity index (χ3n) is 5.08. The van der Waals surface area contributed by atoms with Gasteiger partial charge in [0.25, 0.3) is 0 Å². The summed E-state index contributed by atoms with van der Waals surface area (Å²) in [6.07, 6.45) is 4.34. The molecule has 0 aromatic heterocycles. The van der Waals surface area contributed by atoms with Crippen molar-refractivity contribution in [2.45, 2.75) is 48.7 Å². The number of sulfone groups is 1. The van der Waals surface area contributed by atoms with Gasteiger partial charge in [-0.1, -0.05) is 18.2 Å². The molecule has 4 atom stereocenters. The van der Waals surface area contributed by atoms with Gasteiger partial charge in [-0.15, -0.1) is 0 Å². The number of amides is 1. The van der Waals surface area contributed by atoms with Gasteiger partial charge in [-0.2, -0.15) is 0 Å². The molecule has 2 fully saturated rings. The number of rotatable bonds is 4. The minimum absolute atomic E-state index is 0.125. The molecule has 0 aliphatic carbocycles. The van der Waals surface area contributed by atoms with Gasteiger partial charge in [0.05, 0.1) is 24.0 Å². The molecule has 6 heteroatoms. The van der Waals surface area contributed by atoms with E-state index in [1.165, 1.54) is 25.0 Å². The average Bonchev–Trinajstić information content (AvgIpc) is 2.70. The Morgan fingerprint density at radius 2 is 1.77 bits per heavy atom. The first-order valence-corrected chi connectivity index (χ1v) is 9.51. The van der Waals surface area contributed by atoms with Gasteiger partial charge in [-0.3, -0.25) is 4.79 Å². The van der Waals surface area contributed by atoms with Gasteiger partial charge in [-0.05, 0) is 12.1 Å². The molecular formula is C16H23N2O3S+. The highest BCUT2D eigenvalue weighted by atomic mass is 32.2. The number of hydrogen-bond donors (Lipinski definition) is 2. The van der Waals surface area contributed by atoms with Crippen LogP contribution in [0.25, 0.3) is 0 Å². The van der Waals surface area contributed by atoms with Crippen molar-refractivity contribution in [2.24, 2.45) is 0 Å². The van der Waals surface area contributed by atoms with E-state index in [9.17, 15) is 13.2 Å². The van der Waals surface area contributed by atoms with Gasteiger partial charge in [0.2, 0.25) is 5.91 Å². The highest BCUT2D eigenvalue weighted by molar-refractivity contribution is 7.92. The van der Waals surface area contributed by atoms with E-state index in [1.54, 1.807) is 23.1 Å². The molecule has 1 aromatic carbocycles. The largest absolute Gasteiger partial charge is 0.352 e. The zero-order chi connectivity index (χ0) is 15.7. The van der Waals surface area contributed by atoms with Crippen LogP contribution in [0.2, 0.25) is 0 Å². The predicted octanol–water partition coefficient (Wildman–Crippen LogP) is -0.215. The quantitative estimate of drug-likeness (QED) is 0.805. The summed E-state index contributed by atoms with van der Waals surface area (Å²) < 4.78 is 24.4. The van der Waals surface area contributed by atoms with E-state index < -0.39 is 15.6 Å². The number of carbonyl (C=O) groups excluding carboxylic acids is 1. The number of piperidine rings is 1.